The lowest BCUT2D eigenvalue weighted by atomic mass is 10.1. The Morgan fingerprint density at radius 1 is 1.15 bits per heavy atom. The summed E-state index contributed by atoms with van der Waals surface area (Å²) in [4.78, 5) is 0.542. The second-order valence-electron chi connectivity index (χ2n) is 4.23. The van der Waals surface area contributed by atoms with Crippen molar-refractivity contribution in [1.29, 1.82) is 0 Å². The van der Waals surface area contributed by atoms with Gasteiger partial charge in [-0.15, -0.1) is 11.8 Å². The van der Waals surface area contributed by atoms with Gasteiger partial charge in [0.05, 0.1) is 12.7 Å². The zero-order valence-electron chi connectivity index (χ0n) is 11.3. The highest BCUT2D eigenvalue weighted by atomic mass is 32.2. The molecule has 2 nitrogen and oxygen atoms in total. The average molecular weight is 292 g/mol. The van der Waals surface area contributed by atoms with Crippen LogP contribution >= 0.6 is 11.8 Å². The molecule has 0 spiro atoms. The van der Waals surface area contributed by atoms with E-state index in [1.807, 2.05) is 31.2 Å². The van der Waals surface area contributed by atoms with E-state index in [1.165, 1.54) is 17.8 Å². The number of aliphatic hydroxyl groups excluding tert-OH is 1. The molecule has 0 bridgehead atoms. The molecule has 0 fully saturated rings. The van der Waals surface area contributed by atoms with Crippen molar-refractivity contribution < 1.29 is 14.2 Å². The number of hydrogen-bond acceptors (Lipinski definition) is 3. The molecule has 0 heterocycles. The Bertz CT molecular complexity index is 560. The van der Waals surface area contributed by atoms with E-state index in [9.17, 15) is 9.50 Å². The van der Waals surface area contributed by atoms with Gasteiger partial charge in [-0.3, -0.25) is 0 Å². The first kappa shape index (κ1) is 14.9. The van der Waals surface area contributed by atoms with E-state index in [0.29, 0.717) is 23.0 Å². The van der Waals surface area contributed by atoms with Gasteiger partial charge >= 0.3 is 0 Å². The lowest BCUT2D eigenvalue weighted by molar-refractivity contribution is 0.196. The van der Waals surface area contributed by atoms with E-state index in [1.54, 1.807) is 18.2 Å². The zero-order valence-corrected chi connectivity index (χ0v) is 12.1. The Morgan fingerprint density at radius 3 is 2.60 bits per heavy atom. The van der Waals surface area contributed by atoms with Crippen LogP contribution < -0.4 is 4.74 Å². The van der Waals surface area contributed by atoms with Crippen molar-refractivity contribution in [2.75, 3.05) is 12.4 Å². The third-order valence-corrected chi connectivity index (χ3v) is 3.94. The standard InChI is InChI=1S/C16H17FO2S/c1-2-19-15-9-5-3-7-12(15)14(18)11-20-16-10-6-4-8-13(16)17/h3-10,14,18H,2,11H2,1H3. The van der Waals surface area contributed by atoms with Crippen LogP contribution in [0.3, 0.4) is 0 Å². The van der Waals surface area contributed by atoms with Crippen LogP contribution in [0.15, 0.2) is 53.4 Å². The summed E-state index contributed by atoms with van der Waals surface area (Å²) in [5, 5.41) is 10.3. The van der Waals surface area contributed by atoms with Crippen molar-refractivity contribution in [1.82, 2.24) is 0 Å². The maximum Gasteiger partial charge on any atom is 0.136 e. The van der Waals surface area contributed by atoms with Crippen LogP contribution in [0.25, 0.3) is 0 Å². The molecule has 0 aliphatic heterocycles. The van der Waals surface area contributed by atoms with Gasteiger partial charge in [0, 0.05) is 16.2 Å². The molecule has 106 valence electrons. The van der Waals surface area contributed by atoms with E-state index in [0.717, 1.165) is 5.56 Å². The van der Waals surface area contributed by atoms with Crippen LogP contribution in [0.5, 0.6) is 5.75 Å². The van der Waals surface area contributed by atoms with E-state index in [2.05, 4.69) is 0 Å². The molecule has 0 aromatic heterocycles. The summed E-state index contributed by atoms with van der Waals surface area (Å²) in [5.74, 6) is 0.796. The van der Waals surface area contributed by atoms with Crippen LogP contribution in [0, 0.1) is 5.82 Å². The topological polar surface area (TPSA) is 29.5 Å². The van der Waals surface area contributed by atoms with Crippen molar-refractivity contribution >= 4 is 11.8 Å². The number of benzene rings is 2. The molecule has 1 unspecified atom stereocenters. The Balaban J connectivity index is 2.05. The van der Waals surface area contributed by atoms with Gasteiger partial charge in [0.1, 0.15) is 11.6 Å². The summed E-state index contributed by atoms with van der Waals surface area (Å²) < 4.78 is 19.0. The van der Waals surface area contributed by atoms with Gasteiger partial charge in [-0.2, -0.15) is 0 Å². The summed E-state index contributed by atoms with van der Waals surface area (Å²) >= 11 is 1.30. The van der Waals surface area contributed by atoms with Gasteiger partial charge < -0.3 is 9.84 Å². The van der Waals surface area contributed by atoms with Crippen LogP contribution in [0.1, 0.15) is 18.6 Å². The number of halogens is 1. The Kier molecular flexibility index (Phi) is 5.44. The molecule has 20 heavy (non-hydrogen) atoms. The zero-order chi connectivity index (χ0) is 14.4. The highest BCUT2D eigenvalue weighted by Gasteiger charge is 2.14. The molecule has 1 atom stereocenters. The minimum atomic E-state index is -0.692. The first-order valence-corrected chi connectivity index (χ1v) is 7.48. The SMILES string of the molecule is CCOc1ccccc1C(O)CSc1ccccc1F. The molecule has 1 N–H and O–H groups in total. The summed E-state index contributed by atoms with van der Waals surface area (Å²) in [5.41, 5.74) is 0.734. The van der Waals surface area contributed by atoms with Gasteiger partial charge in [-0.25, -0.2) is 4.39 Å². The minimum Gasteiger partial charge on any atom is -0.493 e. The molecular formula is C16H17FO2S. The minimum absolute atomic E-state index is 0.261. The molecule has 0 saturated heterocycles. The van der Waals surface area contributed by atoms with E-state index in [4.69, 9.17) is 4.74 Å². The third kappa shape index (κ3) is 3.74. The van der Waals surface area contributed by atoms with Gasteiger partial charge in [0.25, 0.3) is 0 Å². The van der Waals surface area contributed by atoms with Gasteiger partial charge in [-0.1, -0.05) is 30.3 Å². The number of rotatable bonds is 6. The molecule has 4 heteroatoms. The fraction of sp³-hybridized carbons (Fsp3) is 0.250. The number of ether oxygens (including phenoxy) is 1. The Morgan fingerprint density at radius 2 is 1.85 bits per heavy atom. The van der Waals surface area contributed by atoms with Crippen molar-refractivity contribution in [3.63, 3.8) is 0 Å². The predicted molar refractivity (Wildman–Crippen MR) is 79.7 cm³/mol. The molecule has 0 amide bonds. The number of para-hydroxylation sites is 1. The largest absolute Gasteiger partial charge is 0.493 e. The second-order valence-corrected chi connectivity index (χ2v) is 5.29. The van der Waals surface area contributed by atoms with Gasteiger partial charge in [-0.05, 0) is 25.1 Å². The molecule has 2 aromatic carbocycles. The van der Waals surface area contributed by atoms with Crippen molar-refractivity contribution in [2.45, 2.75) is 17.9 Å². The van der Waals surface area contributed by atoms with Crippen molar-refractivity contribution in [3.8, 4) is 5.75 Å². The molecule has 2 rings (SSSR count). The van der Waals surface area contributed by atoms with Crippen LogP contribution in [0.2, 0.25) is 0 Å². The van der Waals surface area contributed by atoms with Gasteiger partial charge in [0.2, 0.25) is 0 Å². The van der Waals surface area contributed by atoms with E-state index >= 15 is 0 Å². The van der Waals surface area contributed by atoms with Crippen molar-refractivity contribution in [3.05, 3.63) is 59.9 Å². The summed E-state index contributed by atoms with van der Waals surface area (Å²) in [6.07, 6.45) is -0.692. The predicted octanol–water partition coefficient (Wildman–Crippen LogP) is 4.05. The maximum absolute atomic E-state index is 13.5. The number of aliphatic hydroxyl groups is 1. The monoisotopic (exact) mass is 292 g/mol. The lowest BCUT2D eigenvalue weighted by Crippen LogP contribution is -2.04. The Labute approximate surface area is 122 Å². The molecule has 0 aliphatic rings. The highest BCUT2D eigenvalue weighted by molar-refractivity contribution is 7.99. The normalized spacial score (nSPS) is 12.2. The molecule has 0 radical (unpaired) electrons. The van der Waals surface area contributed by atoms with Crippen LogP contribution in [-0.4, -0.2) is 17.5 Å². The summed E-state index contributed by atoms with van der Waals surface area (Å²) in [6, 6.07) is 13.9. The molecular weight excluding hydrogens is 275 g/mol. The quantitative estimate of drug-likeness (QED) is 0.814. The second kappa shape index (κ2) is 7.31. The number of hydrogen-bond donors (Lipinski definition) is 1. The van der Waals surface area contributed by atoms with Crippen LogP contribution in [-0.2, 0) is 0 Å². The fourth-order valence-electron chi connectivity index (χ4n) is 1.86. The average Bonchev–Trinajstić information content (AvgIpc) is 2.47. The fourth-order valence-corrected chi connectivity index (χ4v) is 2.76. The van der Waals surface area contributed by atoms with E-state index in [-0.39, 0.29) is 5.82 Å². The molecule has 0 saturated carbocycles. The maximum atomic E-state index is 13.5. The lowest BCUT2D eigenvalue weighted by Gasteiger charge is -2.15. The van der Waals surface area contributed by atoms with Gasteiger partial charge in [0.15, 0.2) is 0 Å². The highest BCUT2D eigenvalue weighted by Crippen LogP contribution is 2.31. The van der Waals surface area contributed by atoms with Crippen LogP contribution in [0.4, 0.5) is 4.39 Å². The Hall–Kier alpha value is -1.52. The summed E-state index contributed by atoms with van der Waals surface area (Å²) in [7, 11) is 0. The first-order valence-electron chi connectivity index (χ1n) is 6.49. The first-order chi connectivity index (χ1) is 9.72. The summed E-state index contributed by atoms with van der Waals surface area (Å²) in [6.45, 7) is 2.45. The van der Waals surface area contributed by atoms with Crippen molar-refractivity contribution in [2.24, 2.45) is 0 Å². The van der Waals surface area contributed by atoms with E-state index < -0.39 is 6.10 Å². The molecule has 0 aliphatic carbocycles. The number of thioether (sulfide) groups is 1. The smallest absolute Gasteiger partial charge is 0.136 e. The molecule has 2 aromatic rings. The third-order valence-electron chi connectivity index (χ3n) is 2.81.